The third-order valence-corrected chi connectivity index (χ3v) is 4.87. The molecule has 0 atom stereocenters. The standard InChI is InChI=1S/C20H20N4S/c1-2-24-18-10-9-15-16(19(18)23-20(24)25)7-5-8-17(15)22-13-11-14-6-3-4-12-21-14/h3-10,12,22H,2,11,13H2,1H3,(H,23,25). The fraction of sp³-hybridized carbons (Fsp3) is 0.200. The largest absolute Gasteiger partial charge is 0.384 e. The van der Waals surface area contributed by atoms with E-state index in [4.69, 9.17) is 12.2 Å². The number of benzene rings is 2. The molecule has 0 radical (unpaired) electrons. The topological polar surface area (TPSA) is 45.6 Å². The van der Waals surface area contributed by atoms with E-state index in [9.17, 15) is 0 Å². The van der Waals surface area contributed by atoms with Crippen molar-refractivity contribution >= 4 is 39.7 Å². The summed E-state index contributed by atoms with van der Waals surface area (Å²) in [7, 11) is 0. The first-order valence-electron chi connectivity index (χ1n) is 8.56. The van der Waals surface area contributed by atoms with Gasteiger partial charge >= 0.3 is 0 Å². The average molecular weight is 348 g/mol. The van der Waals surface area contributed by atoms with Gasteiger partial charge in [-0.1, -0.05) is 24.3 Å². The molecule has 0 unspecified atom stereocenters. The van der Waals surface area contributed by atoms with Gasteiger partial charge in [0.2, 0.25) is 0 Å². The van der Waals surface area contributed by atoms with Crippen LogP contribution in [0.5, 0.6) is 0 Å². The average Bonchev–Trinajstić information content (AvgIpc) is 2.98. The summed E-state index contributed by atoms with van der Waals surface area (Å²) < 4.78 is 2.91. The van der Waals surface area contributed by atoms with Gasteiger partial charge in [-0.2, -0.15) is 0 Å². The second-order valence-electron chi connectivity index (χ2n) is 6.03. The van der Waals surface area contributed by atoms with E-state index in [0.29, 0.717) is 0 Å². The monoisotopic (exact) mass is 348 g/mol. The highest BCUT2D eigenvalue weighted by Crippen LogP contribution is 2.30. The molecule has 0 saturated carbocycles. The Morgan fingerprint density at radius 3 is 2.80 bits per heavy atom. The van der Waals surface area contributed by atoms with E-state index in [-0.39, 0.29) is 0 Å². The number of H-pyrrole nitrogens is 1. The quantitative estimate of drug-likeness (QED) is 0.503. The number of fused-ring (bicyclic) bond motifs is 3. The van der Waals surface area contributed by atoms with Crippen LogP contribution < -0.4 is 5.32 Å². The predicted octanol–water partition coefficient (Wildman–Crippen LogP) is 4.92. The van der Waals surface area contributed by atoms with E-state index in [1.54, 1.807) is 0 Å². The number of nitrogens with one attached hydrogen (secondary N) is 2. The lowest BCUT2D eigenvalue weighted by Crippen LogP contribution is -2.06. The van der Waals surface area contributed by atoms with Crippen molar-refractivity contribution in [3.05, 3.63) is 65.2 Å². The lowest BCUT2D eigenvalue weighted by Gasteiger charge is -2.10. The third kappa shape index (κ3) is 2.91. The van der Waals surface area contributed by atoms with Crippen LogP contribution in [0.1, 0.15) is 12.6 Å². The van der Waals surface area contributed by atoms with Gasteiger partial charge in [0.1, 0.15) is 0 Å². The number of anilines is 1. The molecular weight excluding hydrogens is 328 g/mol. The molecular formula is C20H20N4S. The Hall–Kier alpha value is -2.66. The minimum absolute atomic E-state index is 0.776. The van der Waals surface area contributed by atoms with E-state index in [1.165, 1.54) is 10.8 Å². The van der Waals surface area contributed by atoms with Gasteiger partial charge in [0.25, 0.3) is 0 Å². The molecule has 0 bridgehead atoms. The highest BCUT2D eigenvalue weighted by atomic mass is 32.1. The van der Waals surface area contributed by atoms with Gasteiger partial charge in [-0.15, -0.1) is 0 Å². The number of aryl methyl sites for hydroxylation is 1. The van der Waals surface area contributed by atoms with Crippen LogP contribution in [-0.4, -0.2) is 21.1 Å². The molecule has 25 heavy (non-hydrogen) atoms. The molecule has 0 amide bonds. The molecule has 2 N–H and O–H groups in total. The molecule has 4 nitrogen and oxygen atoms in total. The first kappa shape index (κ1) is 15.8. The van der Waals surface area contributed by atoms with Gasteiger partial charge in [0.05, 0.1) is 11.0 Å². The van der Waals surface area contributed by atoms with Crippen LogP contribution in [0.25, 0.3) is 21.8 Å². The van der Waals surface area contributed by atoms with Crippen molar-refractivity contribution in [2.24, 2.45) is 0 Å². The number of aromatic amines is 1. The smallest absolute Gasteiger partial charge is 0.178 e. The van der Waals surface area contributed by atoms with Crippen LogP contribution in [-0.2, 0) is 13.0 Å². The maximum atomic E-state index is 5.46. The molecule has 0 fully saturated rings. The van der Waals surface area contributed by atoms with E-state index in [0.717, 1.165) is 46.7 Å². The Morgan fingerprint density at radius 2 is 2.00 bits per heavy atom. The normalized spacial score (nSPS) is 11.2. The lowest BCUT2D eigenvalue weighted by molar-refractivity contribution is 0.774. The molecule has 0 saturated heterocycles. The minimum Gasteiger partial charge on any atom is -0.384 e. The Kier molecular flexibility index (Phi) is 4.24. The summed E-state index contributed by atoms with van der Waals surface area (Å²) in [5.41, 5.74) is 4.50. The summed E-state index contributed by atoms with van der Waals surface area (Å²) in [4.78, 5) is 7.75. The SMILES string of the molecule is CCn1c(=S)[nH]c2c3cccc(NCCc4ccccn4)c3ccc21. The molecule has 0 spiro atoms. The van der Waals surface area contributed by atoms with Crippen molar-refractivity contribution in [3.63, 3.8) is 0 Å². The number of rotatable bonds is 5. The van der Waals surface area contributed by atoms with Crippen molar-refractivity contribution in [3.8, 4) is 0 Å². The highest BCUT2D eigenvalue weighted by Gasteiger charge is 2.09. The maximum Gasteiger partial charge on any atom is 0.178 e. The first-order chi connectivity index (χ1) is 12.3. The lowest BCUT2D eigenvalue weighted by atomic mass is 10.1. The van der Waals surface area contributed by atoms with Crippen LogP contribution >= 0.6 is 12.2 Å². The number of pyridine rings is 1. The molecule has 126 valence electrons. The zero-order valence-electron chi connectivity index (χ0n) is 14.1. The first-order valence-corrected chi connectivity index (χ1v) is 8.97. The fourth-order valence-electron chi connectivity index (χ4n) is 3.33. The second-order valence-corrected chi connectivity index (χ2v) is 6.42. The summed E-state index contributed by atoms with van der Waals surface area (Å²) in [6.45, 7) is 3.83. The summed E-state index contributed by atoms with van der Waals surface area (Å²) in [5, 5.41) is 5.95. The second kappa shape index (κ2) is 6.69. The number of hydrogen-bond acceptors (Lipinski definition) is 3. The molecule has 5 heteroatoms. The Morgan fingerprint density at radius 1 is 1.08 bits per heavy atom. The van der Waals surface area contributed by atoms with Crippen molar-refractivity contribution in [2.45, 2.75) is 19.9 Å². The summed E-state index contributed by atoms with van der Waals surface area (Å²) in [6, 6.07) is 16.7. The van der Waals surface area contributed by atoms with E-state index in [1.807, 2.05) is 18.3 Å². The molecule has 4 aromatic rings. The number of aromatic nitrogens is 3. The summed E-state index contributed by atoms with van der Waals surface area (Å²) in [5.74, 6) is 0. The van der Waals surface area contributed by atoms with Gasteiger partial charge < -0.3 is 14.9 Å². The minimum atomic E-state index is 0.776. The molecule has 2 aromatic heterocycles. The molecule has 2 heterocycles. The Bertz CT molecular complexity index is 1080. The van der Waals surface area contributed by atoms with Crippen LogP contribution in [0, 0.1) is 4.77 Å². The fourth-order valence-corrected chi connectivity index (χ4v) is 3.66. The van der Waals surface area contributed by atoms with Gasteiger partial charge in [-0.25, -0.2) is 0 Å². The van der Waals surface area contributed by atoms with Gasteiger partial charge in [0.15, 0.2) is 4.77 Å². The van der Waals surface area contributed by atoms with Crippen LogP contribution in [0.2, 0.25) is 0 Å². The van der Waals surface area contributed by atoms with Gasteiger partial charge in [-0.3, -0.25) is 4.98 Å². The molecule has 0 aliphatic rings. The molecule has 0 aliphatic carbocycles. The molecule has 4 rings (SSSR count). The summed E-state index contributed by atoms with van der Waals surface area (Å²) in [6.07, 6.45) is 2.73. The number of hydrogen-bond donors (Lipinski definition) is 2. The number of nitrogens with zero attached hydrogens (tertiary/aromatic N) is 2. The van der Waals surface area contributed by atoms with E-state index >= 15 is 0 Å². The summed E-state index contributed by atoms with van der Waals surface area (Å²) >= 11 is 5.46. The Balaban J connectivity index is 1.68. The van der Waals surface area contributed by atoms with Gasteiger partial charge in [0, 0.05) is 47.9 Å². The molecule has 0 aliphatic heterocycles. The maximum absolute atomic E-state index is 5.46. The van der Waals surface area contributed by atoms with Crippen molar-refractivity contribution < 1.29 is 0 Å². The highest BCUT2D eigenvalue weighted by molar-refractivity contribution is 7.71. The van der Waals surface area contributed by atoms with Crippen molar-refractivity contribution in [1.82, 2.24) is 14.5 Å². The predicted molar refractivity (Wildman–Crippen MR) is 107 cm³/mol. The molecule has 2 aromatic carbocycles. The zero-order valence-corrected chi connectivity index (χ0v) is 14.9. The van der Waals surface area contributed by atoms with Crippen LogP contribution in [0.4, 0.5) is 5.69 Å². The third-order valence-electron chi connectivity index (χ3n) is 4.55. The number of imidazole rings is 1. The van der Waals surface area contributed by atoms with E-state index in [2.05, 4.69) is 63.2 Å². The van der Waals surface area contributed by atoms with Crippen molar-refractivity contribution in [1.29, 1.82) is 0 Å². The Labute approximate surface area is 151 Å². The van der Waals surface area contributed by atoms with Gasteiger partial charge in [-0.05, 0) is 43.4 Å². The van der Waals surface area contributed by atoms with Crippen LogP contribution in [0.15, 0.2) is 54.7 Å². The van der Waals surface area contributed by atoms with Crippen molar-refractivity contribution in [2.75, 3.05) is 11.9 Å². The van der Waals surface area contributed by atoms with Crippen LogP contribution in [0.3, 0.4) is 0 Å². The van der Waals surface area contributed by atoms with E-state index < -0.39 is 0 Å². The zero-order chi connectivity index (χ0) is 17.2.